The van der Waals surface area contributed by atoms with Crippen LogP contribution in [0.25, 0.3) is 0 Å². The second-order valence-electron chi connectivity index (χ2n) is 6.72. The molecule has 1 amide bonds. The van der Waals surface area contributed by atoms with E-state index in [4.69, 9.17) is 4.52 Å². The van der Waals surface area contributed by atoms with Gasteiger partial charge < -0.3 is 9.84 Å². The van der Waals surface area contributed by atoms with Crippen LogP contribution in [-0.4, -0.2) is 16.0 Å². The molecule has 3 fully saturated rings. The molecule has 0 unspecified atom stereocenters. The highest BCUT2D eigenvalue weighted by atomic mass is 16.5. The molecule has 20 heavy (non-hydrogen) atoms. The van der Waals surface area contributed by atoms with Crippen LogP contribution >= 0.6 is 0 Å². The van der Waals surface area contributed by atoms with Crippen LogP contribution in [0.4, 0.5) is 0 Å². The Bertz CT molecular complexity index is 515. The molecule has 1 spiro atoms. The second-order valence-corrected chi connectivity index (χ2v) is 6.72. The molecular formula is C15H21N3O2. The number of amides is 1. The number of aromatic nitrogens is 2. The Morgan fingerprint density at radius 2 is 2.10 bits per heavy atom. The fourth-order valence-corrected chi connectivity index (χ4v) is 3.58. The van der Waals surface area contributed by atoms with Crippen LogP contribution in [-0.2, 0) is 11.3 Å². The first-order valence-electron chi connectivity index (χ1n) is 7.87. The third-order valence-electron chi connectivity index (χ3n) is 5.27. The molecule has 0 aliphatic heterocycles. The van der Waals surface area contributed by atoms with Gasteiger partial charge in [0.25, 0.3) is 0 Å². The molecular weight excluding hydrogens is 254 g/mol. The minimum atomic E-state index is 0.167. The van der Waals surface area contributed by atoms with Crippen LogP contribution in [0.1, 0.15) is 69.0 Å². The van der Waals surface area contributed by atoms with Gasteiger partial charge in [-0.15, -0.1) is 0 Å². The molecule has 0 saturated heterocycles. The predicted octanol–water partition coefficient (Wildman–Crippen LogP) is 2.53. The van der Waals surface area contributed by atoms with E-state index >= 15 is 0 Å². The monoisotopic (exact) mass is 275 g/mol. The van der Waals surface area contributed by atoms with Crippen molar-refractivity contribution in [1.82, 2.24) is 15.5 Å². The van der Waals surface area contributed by atoms with E-state index in [0.717, 1.165) is 25.1 Å². The third-order valence-corrected chi connectivity index (χ3v) is 5.27. The van der Waals surface area contributed by atoms with E-state index in [0.29, 0.717) is 23.8 Å². The van der Waals surface area contributed by atoms with Gasteiger partial charge in [-0.1, -0.05) is 24.4 Å². The highest BCUT2D eigenvalue weighted by Gasteiger charge is 2.65. The standard InChI is InChI=1S/C15H21N3O2/c19-14(11-8-15(11)6-7-15)16-9-12-17-13(18-20-12)10-4-2-1-3-5-10/h10-11H,1-9H2,(H,16,19)/t11-/m1/s1. The molecule has 4 rings (SSSR count). The van der Waals surface area contributed by atoms with Gasteiger partial charge in [-0.25, -0.2) is 0 Å². The van der Waals surface area contributed by atoms with Crippen LogP contribution in [0.2, 0.25) is 0 Å². The summed E-state index contributed by atoms with van der Waals surface area (Å²) in [5, 5.41) is 7.02. The van der Waals surface area contributed by atoms with Gasteiger partial charge in [-0.3, -0.25) is 4.79 Å². The lowest BCUT2D eigenvalue weighted by Gasteiger charge is -2.17. The zero-order valence-electron chi connectivity index (χ0n) is 11.7. The van der Waals surface area contributed by atoms with Crippen molar-refractivity contribution < 1.29 is 9.32 Å². The first-order chi connectivity index (χ1) is 9.77. The van der Waals surface area contributed by atoms with Gasteiger partial charge in [0.1, 0.15) is 0 Å². The van der Waals surface area contributed by atoms with Crippen molar-refractivity contribution in [3.63, 3.8) is 0 Å². The van der Waals surface area contributed by atoms with Gasteiger partial charge in [0, 0.05) is 11.8 Å². The largest absolute Gasteiger partial charge is 0.347 e. The minimum absolute atomic E-state index is 0.167. The number of hydrogen-bond acceptors (Lipinski definition) is 4. The number of rotatable bonds is 4. The summed E-state index contributed by atoms with van der Waals surface area (Å²) in [6.07, 6.45) is 9.71. The zero-order valence-corrected chi connectivity index (χ0v) is 11.7. The van der Waals surface area contributed by atoms with E-state index in [1.54, 1.807) is 0 Å². The van der Waals surface area contributed by atoms with Crippen LogP contribution < -0.4 is 5.32 Å². The van der Waals surface area contributed by atoms with Gasteiger partial charge >= 0.3 is 0 Å². The van der Waals surface area contributed by atoms with Crippen molar-refractivity contribution in [2.75, 3.05) is 0 Å². The van der Waals surface area contributed by atoms with E-state index in [9.17, 15) is 4.79 Å². The van der Waals surface area contributed by atoms with E-state index in [1.165, 1.54) is 32.1 Å². The van der Waals surface area contributed by atoms with Crippen molar-refractivity contribution in [1.29, 1.82) is 0 Å². The van der Waals surface area contributed by atoms with Crippen molar-refractivity contribution in [2.45, 2.75) is 63.8 Å². The number of nitrogens with one attached hydrogen (secondary N) is 1. The molecule has 1 aromatic heterocycles. The SMILES string of the molecule is O=C(NCc1nc(C2CCCCC2)no1)[C@H]1CC12CC2. The third kappa shape index (κ3) is 2.23. The fraction of sp³-hybridized carbons (Fsp3) is 0.800. The van der Waals surface area contributed by atoms with Crippen LogP contribution in [0.5, 0.6) is 0 Å². The van der Waals surface area contributed by atoms with Gasteiger partial charge in [0.2, 0.25) is 11.8 Å². The molecule has 1 heterocycles. The van der Waals surface area contributed by atoms with E-state index < -0.39 is 0 Å². The van der Waals surface area contributed by atoms with Crippen LogP contribution in [0, 0.1) is 11.3 Å². The molecule has 1 atom stereocenters. The zero-order chi connectivity index (χ0) is 13.6. The van der Waals surface area contributed by atoms with E-state index in [2.05, 4.69) is 15.5 Å². The number of carbonyl (C=O) groups is 1. The first kappa shape index (κ1) is 12.4. The molecule has 3 aliphatic rings. The Hall–Kier alpha value is -1.39. The van der Waals surface area contributed by atoms with Crippen LogP contribution in [0.3, 0.4) is 0 Å². The molecule has 3 aliphatic carbocycles. The Kier molecular flexibility index (Phi) is 2.82. The Morgan fingerprint density at radius 3 is 2.80 bits per heavy atom. The lowest BCUT2D eigenvalue weighted by atomic mass is 9.89. The highest BCUT2D eigenvalue weighted by molar-refractivity contribution is 5.83. The molecule has 3 saturated carbocycles. The van der Waals surface area contributed by atoms with E-state index in [-0.39, 0.29) is 11.8 Å². The van der Waals surface area contributed by atoms with Crippen molar-refractivity contribution in [3.8, 4) is 0 Å². The number of carbonyl (C=O) groups excluding carboxylic acids is 1. The van der Waals surface area contributed by atoms with Gasteiger partial charge in [-0.2, -0.15) is 4.98 Å². The molecule has 0 aromatic carbocycles. The van der Waals surface area contributed by atoms with Crippen molar-refractivity contribution >= 4 is 5.91 Å². The average molecular weight is 275 g/mol. The molecule has 5 heteroatoms. The Labute approximate surface area is 118 Å². The number of nitrogens with zero attached hydrogens (tertiary/aromatic N) is 2. The van der Waals surface area contributed by atoms with Crippen molar-refractivity contribution in [2.24, 2.45) is 11.3 Å². The molecule has 0 radical (unpaired) electrons. The summed E-state index contributed by atoms with van der Waals surface area (Å²) in [5.74, 6) is 2.25. The summed E-state index contributed by atoms with van der Waals surface area (Å²) >= 11 is 0. The summed E-state index contributed by atoms with van der Waals surface area (Å²) < 4.78 is 5.26. The van der Waals surface area contributed by atoms with E-state index in [1.807, 2.05) is 0 Å². The van der Waals surface area contributed by atoms with Gasteiger partial charge in [-0.05, 0) is 37.5 Å². The molecule has 1 aromatic rings. The fourth-order valence-electron chi connectivity index (χ4n) is 3.58. The lowest BCUT2D eigenvalue weighted by molar-refractivity contribution is -0.123. The predicted molar refractivity (Wildman–Crippen MR) is 71.7 cm³/mol. The lowest BCUT2D eigenvalue weighted by Crippen LogP contribution is -2.25. The number of hydrogen-bond donors (Lipinski definition) is 1. The quantitative estimate of drug-likeness (QED) is 0.916. The molecule has 1 N–H and O–H groups in total. The molecule has 0 bridgehead atoms. The maximum Gasteiger partial charge on any atom is 0.246 e. The second kappa shape index (κ2) is 4.57. The maximum absolute atomic E-state index is 11.9. The average Bonchev–Trinajstić information content (AvgIpc) is 3.37. The summed E-state index contributed by atoms with van der Waals surface area (Å²) in [6.45, 7) is 0.380. The highest BCUT2D eigenvalue weighted by Crippen LogP contribution is 2.70. The normalized spacial score (nSPS) is 27.5. The molecule has 5 nitrogen and oxygen atoms in total. The maximum atomic E-state index is 11.9. The Balaban J connectivity index is 1.30. The van der Waals surface area contributed by atoms with Gasteiger partial charge in [0.05, 0.1) is 6.54 Å². The minimum Gasteiger partial charge on any atom is -0.347 e. The molecule has 108 valence electrons. The summed E-state index contributed by atoms with van der Waals surface area (Å²) in [4.78, 5) is 16.4. The first-order valence-corrected chi connectivity index (χ1v) is 7.87. The summed E-state index contributed by atoms with van der Waals surface area (Å²) in [5.41, 5.74) is 0.409. The topological polar surface area (TPSA) is 68.0 Å². The van der Waals surface area contributed by atoms with Gasteiger partial charge in [0.15, 0.2) is 5.82 Å². The van der Waals surface area contributed by atoms with Crippen molar-refractivity contribution in [3.05, 3.63) is 11.7 Å². The van der Waals surface area contributed by atoms with Crippen LogP contribution in [0.15, 0.2) is 4.52 Å². The smallest absolute Gasteiger partial charge is 0.246 e. The summed E-state index contributed by atoms with van der Waals surface area (Å²) in [6, 6.07) is 0. The Morgan fingerprint density at radius 1 is 1.30 bits per heavy atom. The summed E-state index contributed by atoms with van der Waals surface area (Å²) in [7, 11) is 0.